The number of aryl methyl sites for hydroxylation is 2. The van der Waals surface area contributed by atoms with Crippen LogP contribution in [0.1, 0.15) is 28.7 Å². The molecule has 1 aromatic carbocycles. The number of Topliss-reactive ketones (excluding diaryl/α,β-unsaturated/α-hetero) is 1. The highest BCUT2D eigenvalue weighted by Crippen LogP contribution is 2.21. The highest BCUT2D eigenvalue weighted by atomic mass is 79.9. The molecule has 0 saturated carbocycles. The van der Waals surface area contributed by atoms with E-state index in [-0.39, 0.29) is 5.78 Å². The van der Waals surface area contributed by atoms with Crippen molar-refractivity contribution in [1.29, 1.82) is 0 Å². The predicted molar refractivity (Wildman–Crippen MR) is 79.2 cm³/mol. The lowest BCUT2D eigenvalue weighted by atomic mass is 10.1. The molecule has 0 fully saturated rings. The Hall–Kier alpha value is -1.62. The smallest absolute Gasteiger partial charge is 0.170 e. The van der Waals surface area contributed by atoms with Crippen LogP contribution in [0.2, 0.25) is 0 Å². The number of carbonyl (C=O) groups is 1. The van der Waals surface area contributed by atoms with Gasteiger partial charge in [-0.15, -0.1) is 0 Å². The first-order valence-electron chi connectivity index (χ1n) is 6.11. The van der Waals surface area contributed by atoms with Crippen LogP contribution in [0.25, 0.3) is 0 Å². The zero-order valence-corrected chi connectivity index (χ0v) is 12.6. The first kappa shape index (κ1) is 13.8. The van der Waals surface area contributed by atoms with Gasteiger partial charge in [0, 0.05) is 28.5 Å². The molecule has 0 aliphatic carbocycles. The summed E-state index contributed by atoms with van der Waals surface area (Å²) in [6, 6.07) is 7.23. The molecule has 100 valence electrons. The van der Waals surface area contributed by atoms with Crippen LogP contribution in [0.3, 0.4) is 0 Å². The molecule has 0 aliphatic heterocycles. The molecule has 4 nitrogen and oxygen atoms in total. The van der Waals surface area contributed by atoms with E-state index in [1.54, 1.807) is 22.9 Å². The van der Waals surface area contributed by atoms with E-state index in [0.717, 1.165) is 22.3 Å². The molecule has 2 rings (SSSR count). The first-order valence-corrected chi connectivity index (χ1v) is 6.90. The average Bonchev–Trinajstić information content (AvgIpc) is 2.73. The van der Waals surface area contributed by atoms with Gasteiger partial charge >= 0.3 is 0 Å². The fourth-order valence-electron chi connectivity index (χ4n) is 1.93. The number of carbonyl (C=O) groups excluding carboxylic acids is 1. The average molecular weight is 322 g/mol. The van der Waals surface area contributed by atoms with Gasteiger partial charge in [-0.1, -0.05) is 22.9 Å². The van der Waals surface area contributed by atoms with E-state index in [4.69, 9.17) is 5.73 Å². The summed E-state index contributed by atoms with van der Waals surface area (Å²) in [5.41, 5.74) is 8.83. The van der Waals surface area contributed by atoms with Crippen LogP contribution in [-0.2, 0) is 19.9 Å². The van der Waals surface area contributed by atoms with E-state index in [1.807, 2.05) is 20.0 Å². The Balaban J connectivity index is 2.25. The minimum atomic E-state index is 0.0322. The van der Waals surface area contributed by atoms with Crippen molar-refractivity contribution in [2.45, 2.75) is 19.8 Å². The second-order valence-electron chi connectivity index (χ2n) is 4.44. The molecule has 0 atom stereocenters. The Morgan fingerprint density at radius 2 is 2.16 bits per heavy atom. The third-order valence-electron chi connectivity index (χ3n) is 3.02. The Morgan fingerprint density at radius 3 is 2.79 bits per heavy atom. The van der Waals surface area contributed by atoms with Gasteiger partial charge in [0.15, 0.2) is 5.78 Å². The molecule has 0 bridgehead atoms. The van der Waals surface area contributed by atoms with Crippen molar-refractivity contribution < 1.29 is 4.79 Å². The number of rotatable bonds is 4. The molecular formula is C14H16BrN3O. The van der Waals surface area contributed by atoms with Crippen LogP contribution in [0, 0.1) is 0 Å². The Morgan fingerprint density at radius 1 is 1.42 bits per heavy atom. The molecule has 5 heteroatoms. The highest BCUT2D eigenvalue weighted by molar-refractivity contribution is 9.10. The molecule has 1 aromatic heterocycles. The number of ketones is 1. The SMILES string of the molecule is CCc1cc(CC(=O)c2cc(N)ccc2Br)n(C)n1. The Kier molecular flexibility index (Phi) is 4.04. The molecule has 0 unspecified atom stereocenters. The number of hydrogen-bond acceptors (Lipinski definition) is 3. The van der Waals surface area contributed by atoms with Crippen molar-refractivity contribution in [2.75, 3.05) is 5.73 Å². The molecule has 0 aliphatic rings. The molecule has 0 amide bonds. The van der Waals surface area contributed by atoms with Gasteiger partial charge in [-0.05, 0) is 30.7 Å². The lowest BCUT2D eigenvalue weighted by Gasteiger charge is -2.05. The zero-order valence-electron chi connectivity index (χ0n) is 11.0. The third kappa shape index (κ3) is 3.04. The lowest BCUT2D eigenvalue weighted by molar-refractivity contribution is 0.0990. The van der Waals surface area contributed by atoms with Gasteiger partial charge in [-0.3, -0.25) is 9.48 Å². The first-order chi connectivity index (χ1) is 9.01. The number of anilines is 1. The monoisotopic (exact) mass is 321 g/mol. The van der Waals surface area contributed by atoms with Crippen LogP contribution in [0.15, 0.2) is 28.7 Å². The quantitative estimate of drug-likeness (QED) is 0.695. The minimum Gasteiger partial charge on any atom is -0.399 e. The molecule has 19 heavy (non-hydrogen) atoms. The van der Waals surface area contributed by atoms with Gasteiger partial charge in [-0.25, -0.2) is 0 Å². The summed E-state index contributed by atoms with van der Waals surface area (Å²) in [6.45, 7) is 2.04. The number of aromatic nitrogens is 2. The number of hydrogen-bond donors (Lipinski definition) is 1. The summed E-state index contributed by atoms with van der Waals surface area (Å²) in [5.74, 6) is 0.0322. The summed E-state index contributed by atoms with van der Waals surface area (Å²) >= 11 is 3.38. The fourth-order valence-corrected chi connectivity index (χ4v) is 2.39. The number of halogens is 1. The Labute approximate surface area is 120 Å². The summed E-state index contributed by atoms with van der Waals surface area (Å²) in [5, 5.41) is 4.34. The largest absolute Gasteiger partial charge is 0.399 e. The molecule has 0 radical (unpaired) electrons. The van der Waals surface area contributed by atoms with Crippen LogP contribution >= 0.6 is 15.9 Å². The lowest BCUT2D eigenvalue weighted by Crippen LogP contribution is -2.09. The summed E-state index contributed by atoms with van der Waals surface area (Å²) < 4.78 is 2.53. The van der Waals surface area contributed by atoms with E-state index in [1.165, 1.54) is 0 Å². The second-order valence-corrected chi connectivity index (χ2v) is 5.30. The maximum Gasteiger partial charge on any atom is 0.170 e. The van der Waals surface area contributed by atoms with E-state index in [9.17, 15) is 4.79 Å². The van der Waals surface area contributed by atoms with E-state index in [2.05, 4.69) is 21.0 Å². The van der Waals surface area contributed by atoms with Gasteiger partial charge in [-0.2, -0.15) is 5.10 Å². The van der Waals surface area contributed by atoms with Gasteiger partial charge in [0.05, 0.1) is 12.1 Å². The van der Waals surface area contributed by atoms with E-state index >= 15 is 0 Å². The molecule has 1 heterocycles. The van der Waals surface area contributed by atoms with Crippen LogP contribution in [0.5, 0.6) is 0 Å². The van der Waals surface area contributed by atoms with Crippen LogP contribution in [0.4, 0.5) is 5.69 Å². The van der Waals surface area contributed by atoms with Crippen molar-refractivity contribution in [3.05, 3.63) is 45.7 Å². The van der Waals surface area contributed by atoms with Gasteiger partial charge in [0.25, 0.3) is 0 Å². The van der Waals surface area contributed by atoms with Gasteiger partial charge < -0.3 is 5.73 Å². The molecule has 2 aromatic rings. The van der Waals surface area contributed by atoms with Gasteiger partial charge in [0.2, 0.25) is 0 Å². The highest BCUT2D eigenvalue weighted by Gasteiger charge is 2.14. The Bertz CT molecular complexity index is 619. The number of nitrogens with two attached hydrogens (primary N) is 1. The summed E-state index contributed by atoms with van der Waals surface area (Å²) in [7, 11) is 1.86. The molecular weight excluding hydrogens is 306 g/mol. The van der Waals surface area contributed by atoms with Crippen molar-refractivity contribution in [3.8, 4) is 0 Å². The summed E-state index contributed by atoms with van der Waals surface area (Å²) in [6.07, 6.45) is 1.19. The molecule has 2 N–H and O–H groups in total. The topological polar surface area (TPSA) is 60.9 Å². The fraction of sp³-hybridized carbons (Fsp3) is 0.286. The maximum atomic E-state index is 12.3. The number of benzene rings is 1. The second kappa shape index (κ2) is 5.57. The predicted octanol–water partition coefficient (Wildman–Crippen LogP) is 2.75. The van der Waals surface area contributed by atoms with Crippen molar-refractivity contribution in [1.82, 2.24) is 9.78 Å². The van der Waals surface area contributed by atoms with Crippen molar-refractivity contribution in [3.63, 3.8) is 0 Å². The van der Waals surface area contributed by atoms with Crippen molar-refractivity contribution >= 4 is 27.4 Å². The van der Waals surface area contributed by atoms with Crippen molar-refractivity contribution in [2.24, 2.45) is 7.05 Å². The summed E-state index contributed by atoms with van der Waals surface area (Å²) in [4.78, 5) is 12.3. The standard InChI is InChI=1S/C14H16BrN3O/c1-3-10-7-11(18(2)17-10)8-14(19)12-6-9(16)4-5-13(12)15/h4-7H,3,8,16H2,1-2H3. The van der Waals surface area contributed by atoms with E-state index < -0.39 is 0 Å². The minimum absolute atomic E-state index is 0.0322. The van der Waals surface area contributed by atoms with Crippen LogP contribution in [-0.4, -0.2) is 15.6 Å². The normalized spacial score (nSPS) is 10.7. The number of nitrogen functional groups attached to an aromatic ring is 1. The number of nitrogens with zero attached hydrogens (tertiary/aromatic N) is 2. The third-order valence-corrected chi connectivity index (χ3v) is 3.71. The van der Waals surface area contributed by atoms with E-state index in [0.29, 0.717) is 17.7 Å². The maximum absolute atomic E-state index is 12.3. The van der Waals surface area contributed by atoms with Crippen LogP contribution < -0.4 is 5.73 Å². The molecule has 0 spiro atoms. The van der Waals surface area contributed by atoms with Gasteiger partial charge in [0.1, 0.15) is 0 Å². The molecule has 0 saturated heterocycles. The zero-order chi connectivity index (χ0) is 14.0.